The summed E-state index contributed by atoms with van der Waals surface area (Å²) in [6.45, 7) is 1.43. The number of aromatic nitrogens is 2. The van der Waals surface area contributed by atoms with E-state index >= 15 is 0 Å². The first-order valence-electron chi connectivity index (χ1n) is 9.99. The number of amides is 3. The van der Waals surface area contributed by atoms with Crippen molar-refractivity contribution in [2.24, 2.45) is 0 Å². The van der Waals surface area contributed by atoms with Gasteiger partial charge in [0.05, 0.1) is 16.0 Å². The van der Waals surface area contributed by atoms with Crippen LogP contribution in [0.5, 0.6) is 5.75 Å². The third kappa shape index (κ3) is 6.36. The molecule has 34 heavy (non-hydrogen) atoms. The van der Waals surface area contributed by atoms with E-state index in [9.17, 15) is 29.4 Å². The van der Waals surface area contributed by atoms with E-state index < -0.39 is 29.7 Å². The van der Waals surface area contributed by atoms with Gasteiger partial charge < -0.3 is 26.2 Å². The molecule has 1 aromatic carbocycles. The number of hydrogen-bond donors (Lipinski definition) is 5. The highest BCUT2D eigenvalue weighted by Gasteiger charge is 2.25. The number of aryl methyl sites for hydroxylation is 1. The zero-order valence-electron chi connectivity index (χ0n) is 17.9. The molecule has 0 radical (unpaired) electrons. The molecule has 11 nitrogen and oxygen atoms in total. The lowest BCUT2D eigenvalue weighted by Gasteiger charge is -2.15. The summed E-state index contributed by atoms with van der Waals surface area (Å²) in [5, 5.41) is 26.4. The molecule has 0 bridgehead atoms. The van der Waals surface area contributed by atoms with E-state index in [1.165, 1.54) is 36.8 Å². The second kappa shape index (κ2) is 11.0. The lowest BCUT2D eigenvalue weighted by atomic mass is 10.2. The van der Waals surface area contributed by atoms with Gasteiger partial charge in [-0.3, -0.25) is 19.4 Å². The van der Waals surface area contributed by atoms with Crippen LogP contribution in [0, 0.1) is 6.92 Å². The lowest BCUT2D eigenvalue weighted by molar-refractivity contribution is -0.139. The highest BCUT2D eigenvalue weighted by molar-refractivity contribution is 7.16. The Labute approximate surface area is 197 Å². The normalized spacial score (nSPS) is 11.3. The molecular formula is C22H21N5O6S. The summed E-state index contributed by atoms with van der Waals surface area (Å²) in [4.78, 5) is 56.9. The smallest absolute Gasteiger partial charge is 0.328 e. The van der Waals surface area contributed by atoms with Crippen molar-refractivity contribution in [2.75, 3.05) is 6.54 Å². The number of carboxylic acid groups (broad SMARTS) is 1. The zero-order chi connectivity index (χ0) is 24.7. The van der Waals surface area contributed by atoms with Gasteiger partial charge in [-0.15, -0.1) is 11.3 Å². The van der Waals surface area contributed by atoms with Gasteiger partial charge in [0.25, 0.3) is 17.7 Å². The third-order valence-electron chi connectivity index (χ3n) is 4.58. The molecular weight excluding hydrogens is 462 g/mol. The van der Waals surface area contributed by atoms with Crippen molar-refractivity contribution in [3.05, 3.63) is 75.5 Å². The number of benzene rings is 1. The summed E-state index contributed by atoms with van der Waals surface area (Å²) in [6.07, 6.45) is 3.94. The van der Waals surface area contributed by atoms with Crippen molar-refractivity contribution >= 4 is 35.0 Å². The number of carboxylic acids is 1. The molecule has 176 valence electrons. The van der Waals surface area contributed by atoms with Crippen molar-refractivity contribution in [1.82, 2.24) is 25.9 Å². The molecule has 0 aliphatic rings. The van der Waals surface area contributed by atoms with Gasteiger partial charge in [0, 0.05) is 25.5 Å². The molecule has 0 aliphatic heterocycles. The number of aliphatic carboxylic acids is 1. The number of carbonyl (C=O) groups excluding carboxylic acids is 3. The predicted molar refractivity (Wildman–Crippen MR) is 122 cm³/mol. The van der Waals surface area contributed by atoms with Gasteiger partial charge in [0.15, 0.2) is 0 Å². The molecule has 1 atom stereocenters. The third-order valence-corrected chi connectivity index (χ3v) is 5.81. The number of carbonyl (C=O) groups is 4. The predicted octanol–water partition coefficient (Wildman–Crippen LogP) is 1.10. The summed E-state index contributed by atoms with van der Waals surface area (Å²) in [5.41, 5.74) is 1.21. The van der Waals surface area contributed by atoms with E-state index in [4.69, 9.17) is 0 Å². The summed E-state index contributed by atoms with van der Waals surface area (Å²) in [6, 6.07) is 6.57. The first kappa shape index (κ1) is 24.3. The number of hydrogen-bond acceptors (Lipinski definition) is 8. The lowest BCUT2D eigenvalue weighted by Crippen LogP contribution is -2.48. The van der Waals surface area contributed by atoms with Gasteiger partial charge in [0.2, 0.25) is 0 Å². The van der Waals surface area contributed by atoms with Crippen molar-refractivity contribution < 1.29 is 29.4 Å². The SMILES string of the molecule is Cc1cc(C(=O)NCc2cccc(O)c2)sc1C(=O)N[C@@H](CNC(=O)c1cnccn1)C(=O)O. The molecule has 3 amide bonds. The summed E-state index contributed by atoms with van der Waals surface area (Å²) < 4.78 is 0. The van der Waals surface area contributed by atoms with E-state index in [0.717, 1.165) is 11.3 Å². The first-order chi connectivity index (χ1) is 16.2. The van der Waals surface area contributed by atoms with E-state index in [-0.39, 0.29) is 34.3 Å². The summed E-state index contributed by atoms with van der Waals surface area (Å²) in [5.74, 6) is -2.99. The van der Waals surface area contributed by atoms with E-state index in [2.05, 4.69) is 25.9 Å². The van der Waals surface area contributed by atoms with Gasteiger partial charge >= 0.3 is 5.97 Å². The fraction of sp³-hybridized carbons (Fsp3) is 0.182. The Bertz CT molecular complexity index is 1210. The largest absolute Gasteiger partial charge is 0.508 e. The number of aromatic hydroxyl groups is 1. The van der Waals surface area contributed by atoms with Gasteiger partial charge in [-0.1, -0.05) is 12.1 Å². The fourth-order valence-electron chi connectivity index (χ4n) is 2.88. The van der Waals surface area contributed by atoms with Crippen LogP contribution in [-0.4, -0.2) is 56.5 Å². The summed E-state index contributed by atoms with van der Waals surface area (Å²) in [7, 11) is 0. The average molecular weight is 484 g/mol. The minimum absolute atomic E-state index is 0.00781. The minimum atomic E-state index is -1.40. The zero-order valence-corrected chi connectivity index (χ0v) is 18.8. The van der Waals surface area contributed by atoms with Gasteiger partial charge in [0.1, 0.15) is 17.5 Å². The maximum absolute atomic E-state index is 12.7. The molecule has 2 heterocycles. The fourth-order valence-corrected chi connectivity index (χ4v) is 3.87. The van der Waals surface area contributed by atoms with Crippen LogP contribution in [0.15, 0.2) is 48.9 Å². The molecule has 0 saturated heterocycles. The van der Waals surface area contributed by atoms with Crippen molar-refractivity contribution in [3.63, 3.8) is 0 Å². The van der Waals surface area contributed by atoms with Gasteiger partial charge in [-0.2, -0.15) is 0 Å². The second-order valence-corrected chi connectivity index (χ2v) is 8.19. The molecule has 0 unspecified atom stereocenters. The quantitative estimate of drug-likeness (QED) is 0.301. The average Bonchev–Trinajstić information content (AvgIpc) is 3.22. The Kier molecular flexibility index (Phi) is 7.88. The maximum atomic E-state index is 12.7. The van der Waals surface area contributed by atoms with Crippen molar-refractivity contribution in [1.29, 1.82) is 0 Å². The Balaban J connectivity index is 1.61. The van der Waals surface area contributed by atoms with Crippen LogP contribution < -0.4 is 16.0 Å². The topological polar surface area (TPSA) is 171 Å². The Hall–Kier alpha value is -4.32. The standard InChI is InChI=1S/C22H21N5O6S/c1-12-7-17(20(30)25-9-13-3-2-4-14(28)8-13)34-18(12)21(31)27-16(22(32)33)11-26-19(29)15-10-23-5-6-24-15/h2-8,10,16,28H,9,11H2,1H3,(H,25,30)(H,26,29)(H,27,31)(H,32,33)/t16-/m0/s1. The number of thiophene rings is 1. The molecule has 0 aliphatic carbocycles. The van der Waals surface area contributed by atoms with Crippen molar-refractivity contribution in [3.8, 4) is 5.75 Å². The van der Waals surface area contributed by atoms with Crippen LogP contribution in [0.2, 0.25) is 0 Å². The van der Waals surface area contributed by atoms with E-state index in [0.29, 0.717) is 11.1 Å². The van der Waals surface area contributed by atoms with Crippen LogP contribution >= 0.6 is 11.3 Å². The Morgan fingerprint density at radius 1 is 1.06 bits per heavy atom. The van der Waals surface area contributed by atoms with Crippen LogP contribution in [0.25, 0.3) is 0 Å². The Morgan fingerprint density at radius 3 is 2.53 bits per heavy atom. The highest BCUT2D eigenvalue weighted by Crippen LogP contribution is 2.22. The number of nitrogens with zero attached hydrogens (tertiary/aromatic N) is 2. The van der Waals surface area contributed by atoms with E-state index in [1.807, 2.05) is 0 Å². The molecule has 3 rings (SSSR count). The Morgan fingerprint density at radius 2 is 1.85 bits per heavy atom. The summed E-state index contributed by atoms with van der Waals surface area (Å²) >= 11 is 0.917. The van der Waals surface area contributed by atoms with Crippen LogP contribution in [0.3, 0.4) is 0 Å². The molecule has 12 heteroatoms. The van der Waals surface area contributed by atoms with Crippen molar-refractivity contribution in [2.45, 2.75) is 19.5 Å². The number of rotatable bonds is 9. The minimum Gasteiger partial charge on any atom is -0.508 e. The molecule has 5 N–H and O–H groups in total. The molecule has 2 aromatic heterocycles. The van der Waals surface area contributed by atoms with Crippen LogP contribution in [0.4, 0.5) is 0 Å². The maximum Gasteiger partial charge on any atom is 0.328 e. The van der Waals surface area contributed by atoms with E-state index in [1.54, 1.807) is 19.1 Å². The monoisotopic (exact) mass is 483 g/mol. The highest BCUT2D eigenvalue weighted by atomic mass is 32.1. The van der Waals surface area contributed by atoms with Crippen LogP contribution in [0.1, 0.15) is 41.0 Å². The molecule has 0 saturated carbocycles. The van der Waals surface area contributed by atoms with Gasteiger partial charge in [-0.05, 0) is 36.2 Å². The molecule has 0 spiro atoms. The number of phenolic OH excluding ortho intramolecular Hbond substituents is 1. The first-order valence-corrected chi connectivity index (χ1v) is 10.8. The molecule has 0 fully saturated rings. The number of phenols is 1. The molecule has 3 aromatic rings. The second-order valence-electron chi connectivity index (χ2n) is 7.14. The number of nitrogens with one attached hydrogen (secondary N) is 3. The van der Waals surface area contributed by atoms with Crippen LogP contribution in [-0.2, 0) is 11.3 Å². The van der Waals surface area contributed by atoms with Gasteiger partial charge in [-0.25, -0.2) is 9.78 Å².